The Morgan fingerprint density at radius 2 is 2.44 bits per heavy atom. The summed E-state index contributed by atoms with van der Waals surface area (Å²) in [4.78, 5) is 0. The molecule has 0 aromatic carbocycles. The summed E-state index contributed by atoms with van der Waals surface area (Å²) < 4.78 is 12.1. The third-order valence-corrected chi connectivity index (χ3v) is 3.34. The minimum atomic E-state index is 0.263. The van der Waals surface area contributed by atoms with Gasteiger partial charge in [0.25, 0.3) is 0 Å². The largest absolute Gasteiger partial charge is 0.453 e. The Morgan fingerprint density at radius 3 is 3.00 bits per heavy atom. The van der Waals surface area contributed by atoms with E-state index in [2.05, 4.69) is 28.2 Å². The van der Waals surface area contributed by atoms with Crippen molar-refractivity contribution < 1.29 is 9.15 Å². The van der Waals surface area contributed by atoms with E-state index in [1.54, 1.807) is 0 Å². The molecule has 1 fully saturated rings. The lowest BCUT2D eigenvalue weighted by Gasteiger charge is -2.19. The standard InChI is InChI=1S/C12H18BrNO2/c1-2-14-10(8-9-4-3-7-15-9)11-5-6-12(13)16-11/h5-6,9-10,14H,2-4,7-8H2,1H3. The maximum Gasteiger partial charge on any atom is 0.169 e. The van der Waals surface area contributed by atoms with Crippen LogP contribution in [0.1, 0.15) is 38.0 Å². The molecule has 0 spiro atoms. The number of hydrogen-bond acceptors (Lipinski definition) is 3. The highest BCUT2D eigenvalue weighted by atomic mass is 79.9. The van der Waals surface area contributed by atoms with Gasteiger partial charge in [0.05, 0.1) is 12.1 Å². The average molecular weight is 288 g/mol. The van der Waals surface area contributed by atoms with Gasteiger partial charge in [-0.15, -0.1) is 0 Å². The van der Waals surface area contributed by atoms with Crippen LogP contribution in [0.4, 0.5) is 0 Å². The van der Waals surface area contributed by atoms with Gasteiger partial charge < -0.3 is 14.5 Å². The first-order chi connectivity index (χ1) is 7.79. The molecule has 0 radical (unpaired) electrons. The van der Waals surface area contributed by atoms with Gasteiger partial charge in [0.1, 0.15) is 5.76 Å². The molecule has 3 nitrogen and oxygen atoms in total. The Bertz CT molecular complexity index is 321. The molecular weight excluding hydrogens is 270 g/mol. The topological polar surface area (TPSA) is 34.4 Å². The summed E-state index contributed by atoms with van der Waals surface area (Å²) in [6.07, 6.45) is 3.73. The minimum Gasteiger partial charge on any atom is -0.453 e. The zero-order valence-electron chi connectivity index (χ0n) is 9.54. The highest BCUT2D eigenvalue weighted by molar-refractivity contribution is 9.10. The molecule has 0 bridgehead atoms. The van der Waals surface area contributed by atoms with Crippen molar-refractivity contribution >= 4 is 15.9 Å². The van der Waals surface area contributed by atoms with E-state index in [4.69, 9.17) is 9.15 Å². The van der Waals surface area contributed by atoms with E-state index in [0.717, 1.165) is 30.0 Å². The van der Waals surface area contributed by atoms with Gasteiger partial charge in [-0.05, 0) is 53.9 Å². The summed E-state index contributed by atoms with van der Waals surface area (Å²) in [7, 11) is 0. The second kappa shape index (κ2) is 5.84. The molecule has 16 heavy (non-hydrogen) atoms. The predicted octanol–water partition coefficient (Wildman–Crippen LogP) is 3.26. The van der Waals surface area contributed by atoms with Crippen molar-refractivity contribution in [1.82, 2.24) is 5.32 Å². The van der Waals surface area contributed by atoms with Crippen LogP contribution >= 0.6 is 15.9 Å². The molecule has 1 saturated heterocycles. The molecule has 0 saturated carbocycles. The fourth-order valence-corrected chi connectivity index (χ4v) is 2.47. The van der Waals surface area contributed by atoms with Crippen molar-refractivity contribution in [3.8, 4) is 0 Å². The third kappa shape index (κ3) is 3.09. The minimum absolute atomic E-state index is 0.263. The third-order valence-electron chi connectivity index (χ3n) is 2.91. The summed E-state index contributed by atoms with van der Waals surface area (Å²) in [5, 5.41) is 3.44. The van der Waals surface area contributed by atoms with Crippen LogP contribution in [-0.4, -0.2) is 19.3 Å². The Morgan fingerprint density at radius 1 is 1.56 bits per heavy atom. The maximum atomic E-state index is 5.66. The summed E-state index contributed by atoms with van der Waals surface area (Å²) in [6, 6.07) is 4.22. The van der Waals surface area contributed by atoms with Gasteiger partial charge in [0, 0.05) is 6.61 Å². The van der Waals surface area contributed by atoms with E-state index >= 15 is 0 Å². The van der Waals surface area contributed by atoms with Crippen LogP contribution < -0.4 is 5.32 Å². The van der Waals surface area contributed by atoms with Gasteiger partial charge in [-0.3, -0.25) is 0 Å². The lowest BCUT2D eigenvalue weighted by molar-refractivity contribution is 0.0921. The normalized spacial score (nSPS) is 22.5. The van der Waals surface area contributed by atoms with Gasteiger partial charge in [-0.1, -0.05) is 6.92 Å². The van der Waals surface area contributed by atoms with E-state index < -0.39 is 0 Å². The van der Waals surface area contributed by atoms with Gasteiger partial charge in [-0.25, -0.2) is 0 Å². The molecule has 2 atom stereocenters. The number of furan rings is 1. The fourth-order valence-electron chi connectivity index (χ4n) is 2.16. The van der Waals surface area contributed by atoms with E-state index in [-0.39, 0.29) is 6.04 Å². The summed E-state index contributed by atoms with van der Waals surface area (Å²) in [5.41, 5.74) is 0. The Hall–Kier alpha value is -0.320. The van der Waals surface area contributed by atoms with Crippen molar-refractivity contribution in [1.29, 1.82) is 0 Å². The van der Waals surface area contributed by atoms with Gasteiger partial charge in [0.2, 0.25) is 0 Å². The van der Waals surface area contributed by atoms with Crippen LogP contribution in [0, 0.1) is 0 Å². The summed E-state index contributed by atoms with van der Waals surface area (Å²) in [5.74, 6) is 0.990. The van der Waals surface area contributed by atoms with Crippen LogP contribution in [0.15, 0.2) is 21.2 Å². The average Bonchev–Trinajstić information content (AvgIpc) is 2.88. The second-order valence-electron chi connectivity index (χ2n) is 4.12. The van der Waals surface area contributed by atoms with Gasteiger partial charge in [-0.2, -0.15) is 0 Å². The lowest BCUT2D eigenvalue weighted by Crippen LogP contribution is -2.24. The first-order valence-electron chi connectivity index (χ1n) is 5.90. The van der Waals surface area contributed by atoms with Crippen molar-refractivity contribution in [3.05, 3.63) is 22.6 Å². The van der Waals surface area contributed by atoms with Crippen molar-refractivity contribution in [3.63, 3.8) is 0 Å². The van der Waals surface area contributed by atoms with Crippen LogP contribution in [0.5, 0.6) is 0 Å². The van der Waals surface area contributed by atoms with E-state index in [1.807, 2.05) is 12.1 Å². The quantitative estimate of drug-likeness (QED) is 0.903. The van der Waals surface area contributed by atoms with Crippen LogP contribution in [-0.2, 0) is 4.74 Å². The van der Waals surface area contributed by atoms with E-state index in [0.29, 0.717) is 6.10 Å². The number of hydrogen-bond donors (Lipinski definition) is 1. The number of rotatable bonds is 5. The van der Waals surface area contributed by atoms with Crippen molar-refractivity contribution in [2.24, 2.45) is 0 Å². The second-order valence-corrected chi connectivity index (χ2v) is 4.90. The summed E-state index contributed by atoms with van der Waals surface area (Å²) in [6.45, 7) is 3.96. The highest BCUT2D eigenvalue weighted by Gasteiger charge is 2.23. The molecule has 1 aromatic heterocycles. The molecule has 2 heterocycles. The number of nitrogens with one attached hydrogen (secondary N) is 1. The maximum absolute atomic E-state index is 5.66. The predicted molar refractivity (Wildman–Crippen MR) is 66.4 cm³/mol. The smallest absolute Gasteiger partial charge is 0.169 e. The first kappa shape index (κ1) is 12.1. The van der Waals surface area contributed by atoms with Crippen molar-refractivity contribution in [2.45, 2.75) is 38.3 Å². The summed E-state index contributed by atoms with van der Waals surface area (Å²) >= 11 is 3.34. The molecule has 0 amide bonds. The molecule has 4 heteroatoms. The zero-order valence-corrected chi connectivity index (χ0v) is 11.1. The first-order valence-corrected chi connectivity index (χ1v) is 6.69. The lowest BCUT2D eigenvalue weighted by atomic mass is 10.0. The Labute approximate surface area is 105 Å². The van der Waals surface area contributed by atoms with Gasteiger partial charge >= 0.3 is 0 Å². The zero-order chi connectivity index (χ0) is 11.4. The van der Waals surface area contributed by atoms with Crippen LogP contribution in [0.2, 0.25) is 0 Å². The molecule has 90 valence electrons. The molecule has 0 aliphatic carbocycles. The van der Waals surface area contributed by atoms with Gasteiger partial charge in [0.15, 0.2) is 4.67 Å². The molecular formula is C12H18BrNO2. The molecule has 1 aliphatic rings. The molecule has 1 N–H and O–H groups in total. The monoisotopic (exact) mass is 287 g/mol. The van der Waals surface area contributed by atoms with Crippen molar-refractivity contribution in [2.75, 3.05) is 13.2 Å². The fraction of sp³-hybridized carbons (Fsp3) is 0.667. The van der Waals surface area contributed by atoms with E-state index in [9.17, 15) is 0 Å². The Kier molecular flexibility index (Phi) is 4.44. The SMILES string of the molecule is CCNC(CC1CCCO1)c1ccc(Br)o1. The number of ether oxygens (including phenoxy) is 1. The number of halogens is 1. The molecule has 1 aromatic rings. The molecule has 1 aliphatic heterocycles. The van der Waals surface area contributed by atoms with Crippen LogP contribution in [0.3, 0.4) is 0 Å². The highest BCUT2D eigenvalue weighted by Crippen LogP contribution is 2.27. The molecule has 2 rings (SSSR count). The molecule has 2 unspecified atom stereocenters. The Balaban J connectivity index is 1.98. The van der Waals surface area contributed by atoms with Crippen LogP contribution in [0.25, 0.3) is 0 Å². The van der Waals surface area contributed by atoms with E-state index in [1.165, 1.54) is 12.8 Å².